The highest BCUT2D eigenvalue weighted by Gasteiger charge is 2.19. The number of ether oxygens (including phenoxy) is 3. The van der Waals surface area contributed by atoms with E-state index < -0.39 is 11.9 Å². The second-order valence-electron chi connectivity index (χ2n) is 8.12. The van der Waals surface area contributed by atoms with Crippen molar-refractivity contribution in [3.05, 3.63) is 100 Å². The molecule has 0 saturated carbocycles. The van der Waals surface area contributed by atoms with Crippen molar-refractivity contribution in [3.8, 4) is 17.2 Å². The summed E-state index contributed by atoms with van der Waals surface area (Å²) in [5.74, 6) is 0.725. The molecule has 1 N–H and O–H groups in total. The summed E-state index contributed by atoms with van der Waals surface area (Å²) in [6, 6.07) is 25.6. The van der Waals surface area contributed by atoms with Crippen molar-refractivity contribution in [1.29, 1.82) is 0 Å². The van der Waals surface area contributed by atoms with Gasteiger partial charge in [-0.2, -0.15) is 5.10 Å². The van der Waals surface area contributed by atoms with Crippen LogP contribution in [-0.2, 0) is 4.79 Å². The van der Waals surface area contributed by atoms with Crippen molar-refractivity contribution in [3.63, 3.8) is 0 Å². The lowest BCUT2D eigenvalue weighted by molar-refractivity contribution is -0.123. The van der Waals surface area contributed by atoms with Crippen LogP contribution >= 0.6 is 22.9 Å². The number of nitrogens with zero attached hydrogens (tertiary/aromatic N) is 1. The van der Waals surface area contributed by atoms with Crippen LogP contribution in [0.4, 0.5) is 0 Å². The van der Waals surface area contributed by atoms with Crippen LogP contribution in [0.1, 0.15) is 15.2 Å². The normalized spacial score (nSPS) is 11.1. The van der Waals surface area contributed by atoms with Gasteiger partial charge in [-0.05, 0) is 59.5 Å². The Hall–Kier alpha value is -4.40. The first-order valence-electron chi connectivity index (χ1n) is 11.5. The summed E-state index contributed by atoms with van der Waals surface area (Å²) in [6.07, 6.45) is 1.48. The molecule has 0 spiro atoms. The second kappa shape index (κ2) is 11.3. The van der Waals surface area contributed by atoms with Gasteiger partial charge in [0.15, 0.2) is 6.61 Å². The number of fused-ring (bicyclic) bond motifs is 2. The molecule has 190 valence electrons. The number of carbonyl (C=O) groups excluding carboxylic acids is 2. The van der Waals surface area contributed by atoms with Gasteiger partial charge in [0.25, 0.3) is 5.91 Å². The molecule has 0 atom stereocenters. The molecule has 1 aromatic heterocycles. The minimum absolute atomic E-state index is 0.173. The molecule has 0 fully saturated rings. The number of hydrogen-bond donors (Lipinski definition) is 1. The zero-order valence-electron chi connectivity index (χ0n) is 20.1. The molecule has 1 heterocycles. The quantitative estimate of drug-likeness (QED) is 0.105. The molecule has 0 aliphatic rings. The predicted molar refractivity (Wildman–Crippen MR) is 150 cm³/mol. The van der Waals surface area contributed by atoms with Crippen LogP contribution in [0.2, 0.25) is 5.02 Å². The average molecular weight is 545 g/mol. The van der Waals surface area contributed by atoms with E-state index in [1.54, 1.807) is 37.4 Å². The average Bonchev–Trinajstić information content (AvgIpc) is 3.28. The van der Waals surface area contributed by atoms with Crippen molar-refractivity contribution in [2.45, 2.75) is 0 Å². The first kappa shape index (κ1) is 25.3. The number of esters is 1. The van der Waals surface area contributed by atoms with Crippen molar-refractivity contribution >= 4 is 61.9 Å². The highest BCUT2D eigenvalue weighted by Crippen LogP contribution is 2.37. The topological polar surface area (TPSA) is 86.2 Å². The Bertz CT molecular complexity index is 1660. The van der Waals surface area contributed by atoms with Gasteiger partial charge < -0.3 is 14.2 Å². The SMILES string of the molecule is COc1ccc2c(Cl)c(C(=O)Oc3ccc(/C=N/NC(=O)COc4cccc5ccccc45)cc3)sc2c1. The molecule has 0 aliphatic heterocycles. The Morgan fingerprint density at radius 1 is 0.947 bits per heavy atom. The van der Waals surface area contributed by atoms with Crippen LogP contribution in [0.15, 0.2) is 90.0 Å². The summed E-state index contributed by atoms with van der Waals surface area (Å²) >= 11 is 7.66. The van der Waals surface area contributed by atoms with Gasteiger partial charge in [0.1, 0.15) is 22.1 Å². The first-order chi connectivity index (χ1) is 18.5. The predicted octanol–water partition coefficient (Wildman–Crippen LogP) is 6.46. The number of nitrogens with one attached hydrogen (secondary N) is 1. The molecule has 0 aliphatic carbocycles. The van der Waals surface area contributed by atoms with Crippen LogP contribution < -0.4 is 19.6 Å². The van der Waals surface area contributed by atoms with E-state index in [9.17, 15) is 9.59 Å². The first-order valence-corrected chi connectivity index (χ1v) is 12.7. The van der Waals surface area contributed by atoms with Crippen LogP contribution in [0, 0.1) is 0 Å². The molecule has 5 aromatic rings. The van der Waals surface area contributed by atoms with Gasteiger partial charge in [-0.25, -0.2) is 10.2 Å². The maximum atomic E-state index is 12.7. The second-order valence-corrected chi connectivity index (χ2v) is 9.56. The number of benzene rings is 4. The highest BCUT2D eigenvalue weighted by atomic mass is 35.5. The van der Waals surface area contributed by atoms with Gasteiger partial charge in [0, 0.05) is 15.5 Å². The highest BCUT2D eigenvalue weighted by molar-refractivity contribution is 7.21. The van der Waals surface area contributed by atoms with E-state index in [1.165, 1.54) is 17.6 Å². The summed E-state index contributed by atoms with van der Waals surface area (Å²) in [4.78, 5) is 25.2. The Balaban J connectivity index is 1.15. The molecule has 1 amide bonds. The maximum absolute atomic E-state index is 12.7. The van der Waals surface area contributed by atoms with Gasteiger partial charge in [-0.1, -0.05) is 48.0 Å². The molecular weight excluding hydrogens is 524 g/mol. The monoisotopic (exact) mass is 544 g/mol. The number of hydrazone groups is 1. The summed E-state index contributed by atoms with van der Waals surface area (Å²) in [6.45, 7) is -0.173. The smallest absolute Gasteiger partial charge is 0.355 e. The van der Waals surface area contributed by atoms with Crippen molar-refractivity contribution in [2.24, 2.45) is 5.10 Å². The Morgan fingerprint density at radius 2 is 1.71 bits per heavy atom. The molecule has 38 heavy (non-hydrogen) atoms. The summed E-state index contributed by atoms with van der Waals surface area (Å²) < 4.78 is 17.2. The van der Waals surface area contributed by atoms with Gasteiger partial charge in [-0.15, -0.1) is 11.3 Å². The van der Waals surface area contributed by atoms with E-state index >= 15 is 0 Å². The summed E-state index contributed by atoms with van der Waals surface area (Å²) in [7, 11) is 1.58. The fourth-order valence-corrected chi connectivity index (χ4v) is 5.17. The number of hydrogen-bond acceptors (Lipinski definition) is 7. The summed E-state index contributed by atoms with van der Waals surface area (Å²) in [5.41, 5.74) is 3.14. The van der Waals surface area contributed by atoms with E-state index in [4.69, 9.17) is 25.8 Å². The van der Waals surface area contributed by atoms with Crippen molar-refractivity contribution < 1.29 is 23.8 Å². The number of thiophene rings is 1. The van der Waals surface area contributed by atoms with Crippen LogP contribution in [0.3, 0.4) is 0 Å². The van der Waals surface area contributed by atoms with Crippen molar-refractivity contribution in [1.82, 2.24) is 5.43 Å². The molecule has 7 nitrogen and oxygen atoms in total. The van der Waals surface area contributed by atoms with Gasteiger partial charge in [-0.3, -0.25) is 4.79 Å². The zero-order valence-corrected chi connectivity index (χ0v) is 21.7. The van der Waals surface area contributed by atoms with Gasteiger partial charge in [0.05, 0.1) is 18.3 Å². The largest absolute Gasteiger partial charge is 0.497 e. The number of halogens is 1. The fourth-order valence-electron chi connectivity index (χ4n) is 3.76. The van der Waals surface area contributed by atoms with E-state index in [-0.39, 0.29) is 6.61 Å². The third-order valence-electron chi connectivity index (χ3n) is 5.62. The van der Waals surface area contributed by atoms with Gasteiger partial charge in [0.2, 0.25) is 0 Å². The third-order valence-corrected chi connectivity index (χ3v) is 7.26. The molecular formula is C29H21ClN2O5S. The van der Waals surface area contributed by atoms with E-state index in [2.05, 4.69) is 10.5 Å². The number of amides is 1. The minimum Gasteiger partial charge on any atom is -0.497 e. The lowest BCUT2D eigenvalue weighted by Gasteiger charge is -2.08. The Kier molecular flexibility index (Phi) is 7.53. The van der Waals surface area contributed by atoms with Crippen molar-refractivity contribution in [2.75, 3.05) is 13.7 Å². The maximum Gasteiger partial charge on any atom is 0.355 e. The molecule has 0 radical (unpaired) electrons. The lowest BCUT2D eigenvalue weighted by Crippen LogP contribution is -2.24. The van der Waals surface area contributed by atoms with Crippen LogP contribution in [0.25, 0.3) is 20.9 Å². The Morgan fingerprint density at radius 3 is 2.53 bits per heavy atom. The van der Waals surface area contributed by atoms with E-state index in [1.807, 2.05) is 54.6 Å². The van der Waals surface area contributed by atoms with E-state index in [0.29, 0.717) is 32.7 Å². The standard InChI is InChI=1S/C29H21ClN2O5S/c1-35-21-13-14-23-25(15-21)38-28(27(23)30)29(34)37-20-11-9-18(10-12-20)16-31-32-26(33)17-36-24-8-4-6-19-5-2-3-7-22(19)24/h2-16H,17H2,1H3,(H,32,33)/b31-16+. The van der Waals surface area contributed by atoms with Crippen LogP contribution in [0.5, 0.6) is 17.2 Å². The molecule has 9 heteroatoms. The third kappa shape index (κ3) is 5.61. The van der Waals surface area contributed by atoms with E-state index in [0.717, 1.165) is 20.9 Å². The van der Waals surface area contributed by atoms with Crippen LogP contribution in [-0.4, -0.2) is 31.8 Å². The fraction of sp³-hybridized carbons (Fsp3) is 0.0690. The Labute approximate surface area is 227 Å². The number of methoxy groups -OCH3 is 1. The zero-order chi connectivity index (χ0) is 26.5. The molecule has 5 rings (SSSR count). The minimum atomic E-state index is -0.546. The molecule has 0 bridgehead atoms. The lowest BCUT2D eigenvalue weighted by atomic mass is 10.1. The van der Waals surface area contributed by atoms with Gasteiger partial charge >= 0.3 is 5.97 Å². The molecule has 0 unspecified atom stereocenters. The molecule has 4 aromatic carbocycles. The number of carbonyl (C=O) groups is 2. The molecule has 0 saturated heterocycles. The summed E-state index contributed by atoms with van der Waals surface area (Å²) in [5, 5.41) is 7.04. The number of rotatable bonds is 8.